The lowest BCUT2D eigenvalue weighted by molar-refractivity contribution is -0.119. The van der Waals surface area contributed by atoms with Crippen molar-refractivity contribution < 1.29 is 14.4 Å². The highest BCUT2D eigenvalue weighted by molar-refractivity contribution is 6.23. The zero-order valence-corrected chi connectivity index (χ0v) is 19.2. The van der Waals surface area contributed by atoms with Gasteiger partial charge in [0.1, 0.15) is 29.8 Å². The summed E-state index contributed by atoms with van der Waals surface area (Å²) < 4.78 is 0. The molecule has 2 aromatic heterocycles. The van der Waals surface area contributed by atoms with Crippen molar-refractivity contribution in [3.63, 3.8) is 0 Å². The first kappa shape index (κ1) is 22.7. The fourth-order valence-corrected chi connectivity index (χ4v) is 3.77. The van der Waals surface area contributed by atoms with Crippen LogP contribution in [0.5, 0.6) is 0 Å². The van der Waals surface area contributed by atoms with Crippen molar-refractivity contribution in [3.8, 4) is 0 Å². The zero-order valence-electron chi connectivity index (χ0n) is 19.2. The van der Waals surface area contributed by atoms with E-state index in [2.05, 4.69) is 30.9 Å². The Morgan fingerprint density at radius 2 is 1.36 bits per heavy atom. The van der Waals surface area contributed by atoms with E-state index >= 15 is 0 Å². The van der Waals surface area contributed by atoms with Crippen LogP contribution >= 0.6 is 0 Å². The molecule has 0 aliphatic carbocycles. The van der Waals surface area contributed by atoms with Gasteiger partial charge in [0.2, 0.25) is 5.91 Å². The number of fused-ring (bicyclic) bond motifs is 1. The monoisotopic (exact) mass is 479 g/mol. The maximum atomic E-state index is 12.8. The molecule has 3 heterocycles. The fourth-order valence-electron chi connectivity index (χ4n) is 3.77. The van der Waals surface area contributed by atoms with Crippen LogP contribution in [0.4, 0.5) is 28.8 Å². The molecule has 0 bridgehead atoms. The van der Waals surface area contributed by atoms with Crippen LogP contribution in [0.25, 0.3) is 0 Å². The Hall–Kier alpha value is -5.12. The van der Waals surface area contributed by atoms with E-state index in [1.165, 1.54) is 13.3 Å². The van der Waals surface area contributed by atoms with E-state index in [0.717, 1.165) is 10.6 Å². The first-order valence-corrected chi connectivity index (χ1v) is 11.1. The largest absolute Gasteiger partial charge is 0.340 e. The van der Waals surface area contributed by atoms with Gasteiger partial charge in [-0.05, 0) is 55.5 Å². The molecule has 10 heteroatoms. The van der Waals surface area contributed by atoms with E-state index in [1.54, 1.807) is 60.8 Å². The predicted octanol–water partition coefficient (Wildman–Crippen LogP) is 3.98. The molecule has 1 aliphatic heterocycles. The molecule has 1 unspecified atom stereocenters. The van der Waals surface area contributed by atoms with Gasteiger partial charge in [-0.2, -0.15) is 0 Å². The quantitative estimate of drug-likeness (QED) is 0.340. The highest BCUT2D eigenvalue weighted by Crippen LogP contribution is 2.25. The third kappa shape index (κ3) is 4.60. The van der Waals surface area contributed by atoms with Crippen LogP contribution in [0.1, 0.15) is 27.6 Å². The third-order valence-electron chi connectivity index (χ3n) is 5.61. The summed E-state index contributed by atoms with van der Waals surface area (Å²) in [4.78, 5) is 51.7. The first-order chi connectivity index (χ1) is 17.5. The number of amides is 3. The average Bonchev–Trinajstić information content (AvgIpc) is 3.15. The van der Waals surface area contributed by atoms with Crippen LogP contribution in [0, 0.1) is 0 Å². The van der Waals surface area contributed by atoms with E-state index in [4.69, 9.17) is 0 Å². The van der Waals surface area contributed by atoms with Crippen LogP contribution in [0.15, 0.2) is 85.3 Å². The fraction of sp³-hybridized carbons (Fsp3) is 0.0769. The molecule has 0 spiro atoms. The number of hydrogen-bond donors (Lipinski definition) is 3. The van der Waals surface area contributed by atoms with E-state index in [9.17, 15) is 14.4 Å². The minimum absolute atomic E-state index is 0.306. The Morgan fingerprint density at radius 1 is 0.750 bits per heavy atom. The number of hydrogen-bond acceptors (Lipinski definition) is 8. The SMILES string of the molecule is CC(C(=O)Nc1ccc(Nc2cc(Nc3ccccn3)ncn2)cc1)N1C(=O)c2ccccc2C1=O. The number of carbonyl (C=O) groups is 3. The minimum atomic E-state index is -0.971. The van der Waals surface area contributed by atoms with Gasteiger partial charge >= 0.3 is 0 Å². The van der Waals surface area contributed by atoms with Crippen LogP contribution < -0.4 is 16.0 Å². The summed E-state index contributed by atoms with van der Waals surface area (Å²) in [5.74, 6) is 0.403. The molecule has 178 valence electrons. The molecule has 10 nitrogen and oxygen atoms in total. The van der Waals surface area contributed by atoms with Crippen molar-refractivity contribution in [2.45, 2.75) is 13.0 Å². The number of anilines is 5. The second kappa shape index (κ2) is 9.63. The first-order valence-electron chi connectivity index (χ1n) is 11.1. The average molecular weight is 480 g/mol. The van der Waals surface area contributed by atoms with Crippen molar-refractivity contribution in [3.05, 3.63) is 96.4 Å². The summed E-state index contributed by atoms with van der Waals surface area (Å²) >= 11 is 0. The van der Waals surface area contributed by atoms with Gasteiger partial charge in [0.15, 0.2) is 0 Å². The molecular weight excluding hydrogens is 458 g/mol. The Bertz CT molecular complexity index is 1410. The molecule has 36 heavy (non-hydrogen) atoms. The number of benzene rings is 2. The Balaban J connectivity index is 1.21. The second-order valence-corrected chi connectivity index (χ2v) is 8.02. The standard InChI is InChI=1S/C26H21N7O3/c1-16(33-25(35)19-6-2-3-7-20(19)26(33)36)24(34)31-18-11-9-17(10-12-18)30-22-14-23(29-15-28-22)32-21-8-4-5-13-27-21/h2-16H,1H3,(H,31,34)(H2,27,28,29,30,32). The number of imide groups is 1. The molecule has 0 radical (unpaired) electrons. The third-order valence-corrected chi connectivity index (χ3v) is 5.61. The number of carbonyl (C=O) groups excluding carboxylic acids is 3. The Morgan fingerprint density at radius 3 is 2.00 bits per heavy atom. The molecule has 1 atom stereocenters. The minimum Gasteiger partial charge on any atom is -0.340 e. The molecular formula is C26H21N7O3. The summed E-state index contributed by atoms with van der Waals surface area (Å²) in [6.45, 7) is 1.53. The maximum Gasteiger partial charge on any atom is 0.262 e. The molecule has 2 aromatic carbocycles. The lowest BCUT2D eigenvalue weighted by Gasteiger charge is -2.21. The van der Waals surface area contributed by atoms with Gasteiger partial charge in [-0.25, -0.2) is 15.0 Å². The number of aromatic nitrogens is 3. The summed E-state index contributed by atoms with van der Waals surface area (Å²) in [6, 6.07) is 19.8. The number of nitrogens with one attached hydrogen (secondary N) is 3. The lowest BCUT2D eigenvalue weighted by atomic mass is 10.1. The van der Waals surface area contributed by atoms with Gasteiger partial charge in [-0.1, -0.05) is 18.2 Å². The van der Waals surface area contributed by atoms with Gasteiger partial charge in [0, 0.05) is 23.6 Å². The Kier molecular flexibility index (Phi) is 6.06. The zero-order chi connectivity index (χ0) is 25.1. The van der Waals surface area contributed by atoms with E-state index in [1.807, 2.05) is 18.2 Å². The van der Waals surface area contributed by atoms with Crippen molar-refractivity contribution in [2.24, 2.45) is 0 Å². The topological polar surface area (TPSA) is 129 Å². The van der Waals surface area contributed by atoms with Crippen molar-refractivity contribution >= 4 is 46.5 Å². The summed E-state index contributed by atoms with van der Waals surface area (Å²) in [5, 5.41) is 9.04. The molecule has 0 saturated carbocycles. The van der Waals surface area contributed by atoms with E-state index in [-0.39, 0.29) is 0 Å². The van der Waals surface area contributed by atoms with Crippen LogP contribution in [-0.4, -0.2) is 43.6 Å². The second-order valence-electron chi connectivity index (χ2n) is 8.02. The summed E-state index contributed by atoms with van der Waals surface area (Å²) in [7, 11) is 0. The van der Waals surface area contributed by atoms with Crippen molar-refractivity contribution in [1.82, 2.24) is 19.9 Å². The molecule has 3 N–H and O–H groups in total. The van der Waals surface area contributed by atoms with Gasteiger partial charge in [-0.15, -0.1) is 0 Å². The van der Waals surface area contributed by atoms with Gasteiger partial charge in [-0.3, -0.25) is 19.3 Å². The molecule has 1 aliphatic rings. The Labute approximate surface area is 206 Å². The number of rotatable bonds is 7. The van der Waals surface area contributed by atoms with E-state index < -0.39 is 23.8 Å². The molecule has 4 aromatic rings. The van der Waals surface area contributed by atoms with Crippen molar-refractivity contribution in [1.29, 1.82) is 0 Å². The lowest BCUT2D eigenvalue weighted by Crippen LogP contribution is -2.45. The van der Waals surface area contributed by atoms with Crippen LogP contribution in [0.2, 0.25) is 0 Å². The highest BCUT2D eigenvalue weighted by atomic mass is 16.2. The highest BCUT2D eigenvalue weighted by Gasteiger charge is 2.40. The van der Waals surface area contributed by atoms with Gasteiger partial charge in [0.05, 0.1) is 11.1 Å². The smallest absolute Gasteiger partial charge is 0.262 e. The number of nitrogens with zero attached hydrogens (tertiary/aromatic N) is 4. The normalized spacial score (nSPS) is 13.2. The van der Waals surface area contributed by atoms with Gasteiger partial charge < -0.3 is 16.0 Å². The summed E-state index contributed by atoms with van der Waals surface area (Å²) in [5.41, 5.74) is 1.87. The van der Waals surface area contributed by atoms with Crippen molar-refractivity contribution in [2.75, 3.05) is 16.0 Å². The van der Waals surface area contributed by atoms with Crippen LogP contribution in [0.3, 0.4) is 0 Å². The summed E-state index contributed by atoms with van der Waals surface area (Å²) in [6.07, 6.45) is 3.12. The molecule has 3 amide bonds. The van der Waals surface area contributed by atoms with Gasteiger partial charge in [0.25, 0.3) is 11.8 Å². The molecule has 5 rings (SSSR count). The predicted molar refractivity (Wildman–Crippen MR) is 134 cm³/mol. The molecule has 0 fully saturated rings. The van der Waals surface area contributed by atoms with E-state index in [0.29, 0.717) is 34.3 Å². The van der Waals surface area contributed by atoms with Crippen LogP contribution in [-0.2, 0) is 4.79 Å². The maximum absolute atomic E-state index is 12.8. The molecule has 0 saturated heterocycles. The number of pyridine rings is 1.